The summed E-state index contributed by atoms with van der Waals surface area (Å²) in [6, 6.07) is 4.59. The van der Waals surface area contributed by atoms with Crippen molar-refractivity contribution in [1.82, 2.24) is 0 Å². The summed E-state index contributed by atoms with van der Waals surface area (Å²) in [4.78, 5) is 10.6. The Hall–Kier alpha value is -1.44. The zero-order chi connectivity index (χ0) is 9.26. The molecule has 0 unspecified atom stereocenters. The molecule has 1 nitrogen and oxygen atoms in total. The maximum atomic E-state index is 13.3. The zero-order valence-electron chi connectivity index (χ0n) is 7.09. The van der Waals surface area contributed by atoms with E-state index in [9.17, 15) is 9.18 Å². The van der Waals surface area contributed by atoms with Crippen molar-refractivity contribution in [2.24, 2.45) is 0 Å². The maximum Gasteiger partial charge on any atom is 0.150 e. The van der Waals surface area contributed by atoms with Crippen LogP contribution in [0.5, 0.6) is 0 Å². The van der Waals surface area contributed by atoms with Crippen molar-refractivity contribution >= 4 is 11.9 Å². The van der Waals surface area contributed by atoms with Gasteiger partial charge in [0.2, 0.25) is 0 Å². The second-order valence-electron chi connectivity index (χ2n) is 3.09. The van der Waals surface area contributed by atoms with Crippen molar-refractivity contribution in [2.75, 3.05) is 0 Å². The van der Waals surface area contributed by atoms with Gasteiger partial charge in [-0.2, -0.15) is 0 Å². The summed E-state index contributed by atoms with van der Waals surface area (Å²) in [5.74, 6) is -0.296. The molecule has 0 saturated carbocycles. The van der Waals surface area contributed by atoms with Crippen LogP contribution < -0.4 is 0 Å². The van der Waals surface area contributed by atoms with E-state index in [0.29, 0.717) is 17.4 Å². The van der Waals surface area contributed by atoms with Gasteiger partial charge in [0.15, 0.2) is 6.29 Å². The molecule has 0 heterocycles. The van der Waals surface area contributed by atoms with Gasteiger partial charge < -0.3 is 0 Å². The van der Waals surface area contributed by atoms with Gasteiger partial charge in [0, 0.05) is 11.1 Å². The van der Waals surface area contributed by atoms with E-state index >= 15 is 0 Å². The van der Waals surface area contributed by atoms with Crippen LogP contribution in [0, 0.1) is 5.82 Å². The summed E-state index contributed by atoms with van der Waals surface area (Å²) in [6.45, 7) is 0. The van der Waals surface area contributed by atoms with Gasteiger partial charge >= 0.3 is 0 Å². The average Bonchev–Trinajstić information content (AvgIpc) is 2.05. The predicted molar refractivity (Wildman–Crippen MR) is 49.0 cm³/mol. The lowest BCUT2D eigenvalue weighted by atomic mass is 9.89. The third-order valence-electron chi connectivity index (χ3n) is 2.30. The third kappa shape index (κ3) is 1.28. The number of benzene rings is 1. The monoisotopic (exact) mass is 176 g/mol. The van der Waals surface area contributed by atoms with E-state index in [1.54, 1.807) is 12.1 Å². The molecule has 0 spiro atoms. The normalized spacial score (nSPS) is 14.7. The molecule has 13 heavy (non-hydrogen) atoms. The highest BCUT2D eigenvalue weighted by atomic mass is 19.1. The van der Waals surface area contributed by atoms with Gasteiger partial charge in [-0.3, -0.25) is 4.79 Å². The summed E-state index contributed by atoms with van der Waals surface area (Å²) in [5, 5.41) is 0. The second-order valence-corrected chi connectivity index (χ2v) is 3.09. The first-order valence-corrected chi connectivity index (χ1v) is 4.26. The van der Waals surface area contributed by atoms with Crippen LogP contribution in [0.3, 0.4) is 0 Å². The summed E-state index contributed by atoms with van der Waals surface area (Å²) in [6.07, 6.45) is 4.53. The van der Waals surface area contributed by atoms with Crippen LogP contribution in [0.2, 0.25) is 0 Å². The zero-order valence-corrected chi connectivity index (χ0v) is 7.09. The molecule has 0 saturated heterocycles. The molecule has 1 aliphatic carbocycles. The van der Waals surface area contributed by atoms with E-state index in [0.717, 1.165) is 18.4 Å². The molecule has 1 aromatic rings. The fraction of sp³-hybridized carbons (Fsp3) is 0.182. The summed E-state index contributed by atoms with van der Waals surface area (Å²) in [7, 11) is 0. The minimum Gasteiger partial charge on any atom is -0.298 e. The molecule has 0 bridgehead atoms. The molecule has 0 amide bonds. The summed E-state index contributed by atoms with van der Waals surface area (Å²) < 4.78 is 13.3. The molecule has 66 valence electrons. The van der Waals surface area contributed by atoms with E-state index < -0.39 is 0 Å². The number of allylic oxidation sites excluding steroid dienone is 2. The molecule has 1 aliphatic rings. The summed E-state index contributed by atoms with van der Waals surface area (Å²) in [5.41, 5.74) is 1.90. The van der Waals surface area contributed by atoms with Crippen LogP contribution in [-0.2, 0) is 0 Å². The van der Waals surface area contributed by atoms with Crippen molar-refractivity contribution < 1.29 is 9.18 Å². The van der Waals surface area contributed by atoms with Gasteiger partial charge in [0.25, 0.3) is 0 Å². The largest absolute Gasteiger partial charge is 0.298 e. The van der Waals surface area contributed by atoms with E-state index in [1.165, 1.54) is 6.07 Å². The number of hydrogen-bond donors (Lipinski definition) is 0. The molecule has 2 heteroatoms. The van der Waals surface area contributed by atoms with Gasteiger partial charge in [-0.05, 0) is 24.5 Å². The molecular formula is C11H9FO. The predicted octanol–water partition coefficient (Wildman–Crippen LogP) is 2.82. The fourth-order valence-corrected chi connectivity index (χ4v) is 1.49. The van der Waals surface area contributed by atoms with Gasteiger partial charge in [-0.15, -0.1) is 0 Å². The standard InChI is InChI=1S/C11H9FO/c12-10-6-2-5-9(7-13)11(10)8-3-1-4-8/h2-3,5-7H,1,4H2. The Morgan fingerprint density at radius 2 is 2.15 bits per heavy atom. The van der Waals surface area contributed by atoms with Gasteiger partial charge in [-0.1, -0.05) is 18.2 Å². The maximum absolute atomic E-state index is 13.3. The molecule has 0 fully saturated rings. The molecular weight excluding hydrogens is 167 g/mol. The van der Waals surface area contributed by atoms with Crippen molar-refractivity contribution in [1.29, 1.82) is 0 Å². The first-order chi connectivity index (χ1) is 6.33. The van der Waals surface area contributed by atoms with Crippen molar-refractivity contribution in [3.63, 3.8) is 0 Å². The Labute approximate surface area is 75.9 Å². The number of carbonyl (C=O) groups excluding carboxylic acids is 1. The van der Waals surface area contributed by atoms with Crippen LogP contribution in [0.1, 0.15) is 28.8 Å². The number of halogens is 1. The molecule has 0 N–H and O–H groups in total. The van der Waals surface area contributed by atoms with E-state index in [1.807, 2.05) is 6.08 Å². The number of carbonyl (C=O) groups is 1. The third-order valence-corrected chi connectivity index (χ3v) is 2.30. The highest BCUT2D eigenvalue weighted by Gasteiger charge is 2.16. The molecule has 0 atom stereocenters. The smallest absolute Gasteiger partial charge is 0.150 e. The first-order valence-electron chi connectivity index (χ1n) is 4.26. The van der Waals surface area contributed by atoms with Crippen LogP contribution in [0.4, 0.5) is 4.39 Å². The number of rotatable bonds is 2. The average molecular weight is 176 g/mol. The van der Waals surface area contributed by atoms with Crippen LogP contribution in [0.15, 0.2) is 24.3 Å². The SMILES string of the molecule is O=Cc1cccc(F)c1C1=CCC1. The topological polar surface area (TPSA) is 17.1 Å². The molecule has 0 radical (unpaired) electrons. The Kier molecular flexibility index (Phi) is 1.97. The van der Waals surface area contributed by atoms with E-state index in [4.69, 9.17) is 0 Å². The van der Waals surface area contributed by atoms with Gasteiger partial charge in [-0.25, -0.2) is 4.39 Å². The van der Waals surface area contributed by atoms with Crippen molar-refractivity contribution in [3.8, 4) is 0 Å². The number of aldehydes is 1. The lowest BCUT2D eigenvalue weighted by molar-refractivity contribution is 0.112. The minimum absolute atomic E-state index is 0.296. The van der Waals surface area contributed by atoms with Gasteiger partial charge in [0.05, 0.1) is 0 Å². The number of hydrogen-bond acceptors (Lipinski definition) is 1. The lowest BCUT2D eigenvalue weighted by Gasteiger charge is -2.16. The van der Waals surface area contributed by atoms with Crippen LogP contribution >= 0.6 is 0 Å². The van der Waals surface area contributed by atoms with Crippen LogP contribution in [0.25, 0.3) is 5.57 Å². The Bertz CT molecular complexity index is 380. The van der Waals surface area contributed by atoms with Crippen molar-refractivity contribution in [3.05, 3.63) is 41.2 Å². The highest BCUT2D eigenvalue weighted by Crippen LogP contribution is 2.32. The molecule has 0 aliphatic heterocycles. The second kappa shape index (κ2) is 3.13. The Morgan fingerprint density at radius 3 is 2.69 bits per heavy atom. The molecule has 1 aromatic carbocycles. The van der Waals surface area contributed by atoms with Gasteiger partial charge in [0.1, 0.15) is 5.82 Å². The molecule has 0 aromatic heterocycles. The molecule has 2 rings (SSSR count). The first kappa shape index (κ1) is 8.17. The van der Waals surface area contributed by atoms with E-state index in [-0.39, 0.29) is 5.82 Å². The quantitative estimate of drug-likeness (QED) is 0.633. The highest BCUT2D eigenvalue weighted by molar-refractivity contribution is 5.87. The van der Waals surface area contributed by atoms with Crippen molar-refractivity contribution in [2.45, 2.75) is 12.8 Å². The lowest BCUT2D eigenvalue weighted by Crippen LogP contribution is -2.01. The Balaban J connectivity index is 2.57. The minimum atomic E-state index is -0.296. The fourth-order valence-electron chi connectivity index (χ4n) is 1.49. The van der Waals surface area contributed by atoms with Crippen LogP contribution in [-0.4, -0.2) is 6.29 Å². The van der Waals surface area contributed by atoms with E-state index in [2.05, 4.69) is 0 Å². The Morgan fingerprint density at radius 1 is 1.38 bits per heavy atom. The summed E-state index contributed by atoms with van der Waals surface area (Å²) >= 11 is 0.